The fourth-order valence-corrected chi connectivity index (χ4v) is 1.91. The summed E-state index contributed by atoms with van der Waals surface area (Å²) in [6.07, 6.45) is 1.94. The van der Waals surface area contributed by atoms with Gasteiger partial charge < -0.3 is 15.4 Å². The molecule has 2 amide bonds. The molecule has 0 spiro atoms. The van der Waals surface area contributed by atoms with Crippen molar-refractivity contribution < 1.29 is 14.3 Å². The van der Waals surface area contributed by atoms with Gasteiger partial charge in [0.15, 0.2) is 0 Å². The Morgan fingerprint density at radius 3 is 2.39 bits per heavy atom. The number of amides is 2. The summed E-state index contributed by atoms with van der Waals surface area (Å²) in [6, 6.07) is 0.328. The van der Waals surface area contributed by atoms with E-state index in [1.807, 2.05) is 0 Å². The first-order valence-electron chi connectivity index (χ1n) is 6.52. The van der Waals surface area contributed by atoms with Gasteiger partial charge in [-0.2, -0.15) is 0 Å². The fourth-order valence-electron chi connectivity index (χ4n) is 1.91. The van der Waals surface area contributed by atoms with E-state index >= 15 is 0 Å². The minimum absolute atomic E-state index is 0.0111. The molecule has 0 unspecified atom stereocenters. The summed E-state index contributed by atoms with van der Waals surface area (Å²) in [7, 11) is 0. The van der Waals surface area contributed by atoms with Crippen LogP contribution in [0.5, 0.6) is 0 Å². The average Bonchev–Trinajstić information content (AvgIpc) is 2.12. The van der Waals surface area contributed by atoms with Crippen molar-refractivity contribution in [3.05, 3.63) is 0 Å². The number of carbonyl (C=O) groups is 2. The van der Waals surface area contributed by atoms with E-state index < -0.39 is 11.7 Å². The van der Waals surface area contributed by atoms with E-state index in [0.29, 0.717) is 19.0 Å². The molecule has 1 fully saturated rings. The number of carbonyl (C=O) groups excluding carboxylic acids is 2. The molecule has 5 heteroatoms. The van der Waals surface area contributed by atoms with Gasteiger partial charge in [-0.25, -0.2) is 4.79 Å². The Hall–Kier alpha value is -1.26. The molecule has 104 valence electrons. The molecule has 0 aliphatic heterocycles. The van der Waals surface area contributed by atoms with Gasteiger partial charge in [-0.15, -0.1) is 0 Å². The van der Waals surface area contributed by atoms with Crippen molar-refractivity contribution in [1.82, 2.24) is 10.6 Å². The molecule has 0 aromatic rings. The van der Waals surface area contributed by atoms with E-state index in [4.69, 9.17) is 4.74 Å². The van der Waals surface area contributed by atoms with Crippen LogP contribution in [0.15, 0.2) is 0 Å². The zero-order valence-corrected chi connectivity index (χ0v) is 11.7. The van der Waals surface area contributed by atoms with Crippen molar-refractivity contribution in [1.29, 1.82) is 0 Å². The van der Waals surface area contributed by atoms with Crippen LogP contribution < -0.4 is 10.6 Å². The normalized spacial score (nSPS) is 22.9. The van der Waals surface area contributed by atoms with E-state index in [1.54, 1.807) is 20.8 Å². The number of rotatable bonds is 4. The summed E-state index contributed by atoms with van der Waals surface area (Å²) >= 11 is 0. The molecule has 1 saturated carbocycles. The highest BCUT2D eigenvalue weighted by molar-refractivity contribution is 5.77. The SMILES string of the molecule is CC1CC(NC(=O)CCNC(=O)OC(C)(C)C)C1. The van der Waals surface area contributed by atoms with Gasteiger partial charge >= 0.3 is 6.09 Å². The fraction of sp³-hybridized carbons (Fsp3) is 0.846. The Bertz CT molecular complexity index is 304. The molecule has 0 atom stereocenters. The van der Waals surface area contributed by atoms with Gasteiger partial charge in [-0.1, -0.05) is 6.92 Å². The molecule has 0 saturated heterocycles. The summed E-state index contributed by atoms with van der Waals surface area (Å²) < 4.78 is 5.07. The molecular formula is C13H24N2O3. The number of nitrogens with one attached hydrogen (secondary N) is 2. The minimum Gasteiger partial charge on any atom is -0.444 e. The van der Waals surface area contributed by atoms with Crippen molar-refractivity contribution in [2.24, 2.45) is 5.92 Å². The molecule has 18 heavy (non-hydrogen) atoms. The number of ether oxygens (including phenoxy) is 1. The van der Waals surface area contributed by atoms with Crippen LogP contribution in [0.4, 0.5) is 4.79 Å². The second-order valence-electron chi connectivity index (χ2n) is 6.02. The standard InChI is InChI=1S/C13H24N2O3/c1-9-7-10(8-9)15-11(16)5-6-14-12(17)18-13(2,3)4/h9-10H,5-8H2,1-4H3,(H,14,17)(H,15,16). The van der Waals surface area contributed by atoms with Crippen molar-refractivity contribution in [2.45, 2.75) is 58.6 Å². The molecule has 1 aliphatic rings. The van der Waals surface area contributed by atoms with E-state index in [0.717, 1.165) is 18.8 Å². The van der Waals surface area contributed by atoms with Gasteiger partial charge in [0.25, 0.3) is 0 Å². The zero-order chi connectivity index (χ0) is 13.8. The Labute approximate surface area is 109 Å². The average molecular weight is 256 g/mol. The highest BCUT2D eigenvalue weighted by Crippen LogP contribution is 2.26. The molecule has 0 bridgehead atoms. The molecule has 1 aliphatic carbocycles. The topological polar surface area (TPSA) is 67.4 Å². The quantitative estimate of drug-likeness (QED) is 0.806. The van der Waals surface area contributed by atoms with Crippen molar-refractivity contribution in [3.8, 4) is 0 Å². The summed E-state index contributed by atoms with van der Waals surface area (Å²) in [5.74, 6) is 0.707. The number of alkyl carbamates (subject to hydrolysis) is 1. The first kappa shape index (κ1) is 14.8. The van der Waals surface area contributed by atoms with Gasteiger partial charge in [-0.05, 0) is 39.5 Å². The van der Waals surface area contributed by atoms with Gasteiger partial charge in [0, 0.05) is 19.0 Å². The lowest BCUT2D eigenvalue weighted by atomic mass is 9.82. The van der Waals surface area contributed by atoms with Crippen LogP contribution in [0.25, 0.3) is 0 Å². The van der Waals surface area contributed by atoms with Crippen molar-refractivity contribution >= 4 is 12.0 Å². The second-order valence-corrected chi connectivity index (χ2v) is 6.02. The van der Waals surface area contributed by atoms with Crippen LogP contribution in [-0.4, -0.2) is 30.2 Å². The third-order valence-corrected chi connectivity index (χ3v) is 2.76. The van der Waals surface area contributed by atoms with Gasteiger partial charge in [0.1, 0.15) is 5.60 Å². The molecule has 0 aromatic carbocycles. The van der Waals surface area contributed by atoms with Gasteiger partial charge in [0.05, 0.1) is 0 Å². The Morgan fingerprint density at radius 1 is 1.28 bits per heavy atom. The molecule has 0 radical (unpaired) electrons. The van der Waals surface area contributed by atoms with Gasteiger partial charge in [0.2, 0.25) is 5.91 Å². The van der Waals surface area contributed by atoms with Crippen LogP contribution in [0.2, 0.25) is 0 Å². The van der Waals surface area contributed by atoms with E-state index in [9.17, 15) is 9.59 Å². The molecule has 2 N–H and O–H groups in total. The lowest BCUT2D eigenvalue weighted by Gasteiger charge is -2.33. The molecule has 1 rings (SSSR count). The zero-order valence-electron chi connectivity index (χ0n) is 11.7. The van der Waals surface area contributed by atoms with Crippen LogP contribution in [0, 0.1) is 5.92 Å². The molecule has 0 heterocycles. The predicted molar refractivity (Wildman–Crippen MR) is 69.2 cm³/mol. The molecule has 0 aromatic heterocycles. The molecule has 5 nitrogen and oxygen atoms in total. The van der Waals surface area contributed by atoms with E-state index in [2.05, 4.69) is 17.6 Å². The largest absolute Gasteiger partial charge is 0.444 e. The summed E-state index contributed by atoms with van der Waals surface area (Å²) in [4.78, 5) is 22.8. The van der Waals surface area contributed by atoms with E-state index in [1.165, 1.54) is 0 Å². The highest BCUT2D eigenvalue weighted by atomic mass is 16.6. The van der Waals surface area contributed by atoms with Crippen molar-refractivity contribution in [2.75, 3.05) is 6.54 Å². The lowest BCUT2D eigenvalue weighted by Crippen LogP contribution is -2.44. The van der Waals surface area contributed by atoms with Crippen LogP contribution in [0.3, 0.4) is 0 Å². The summed E-state index contributed by atoms with van der Waals surface area (Å²) in [6.45, 7) is 7.89. The summed E-state index contributed by atoms with van der Waals surface area (Å²) in [5.41, 5.74) is -0.506. The summed E-state index contributed by atoms with van der Waals surface area (Å²) in [5, 5.41) is 5.50. The predicted octanol–water partition coefficient (Wildman–Crippen LogP) is 1.82. The van der Waals surface area contributed by atoms with Crippen LogP contribution in [0.1, 0.15) is 47.0 Å². The highest BCUT2D eigenvalue weighted by Gasteiger charge is 2.26. The Kier molecular flexibility index (Phi) is 4.99. The Morgan fingerprint density at radius 2 is 1.89 bits per heavy atom. The van der Waals surface area contributed by atoms with Crippen LogP contribution in [-0.2, 0) is 9.53 Å². The molecular weight excluding hydrogens is 232 g/mol. The lowest BCUT2D eigenvalue weighted by molar-refractivity contribution is -0.122. The first-order chi connectivity index (χ1) is 8.26. The smallest absolute Gasteiger partial charge is 0.407 e. The maximum absolute atomic E-state index is 11.5. The van der Waals surface area contributed by atoms with Gasteiger partial charge in [-0.3, -0.25) is 4.79 Å². The Balaban J connectivity index is 2.06. The van der Waals surface area contributed by atoms with Crippen molar-refractivity contribution in [3.63, 3.8) is 0 Å². The third kappa shape index (κ3) is 5.89. The first-order valence-corrected chi connectivity index (χ1v) is 6.52. The minimum atomic E-state index is -0.506. The third-order valence-electron chi connectivity index (χ3n) is 2.76. The number of hydrogen-bond donors (Lipinski definition) is 2. The van der Waals surface area contributed by atoms with Crippen LogP contribution >= 0.6 is 0 Å². The maximum atomic E-state index is 11.5. The van der Waals surface area contributed by atoms with E-state index in [-0.39, 0.29) is 5.91 Å². The monoisotopic (exact) mass is 256 g/mol. The second kappa shape index (κ2) is 6.07. The maximum Gasteiger partial charge on any atom is 0.407 e. The number of hydrogen-bond acceptors (Lipinski definition) is 3.